The number of halogens is 1. The first-order valence-electron chi connectivity index (χ1n) is 6.14. The van der Waals surface area contributed by atoms with E-state index in [1.165, 1.54) is 0 Å². The van der Waals surface area contributed by atoms with Gasteiger partial charge < -0.3 is 10.1 Å². The fourth-order valence-electron chi connectivity index (χ4n) is 1.80. The van der Waals surface area contributed by atoms with Crippen LogP contribution < -0.4 is 10.1 Å². The number of hydrogen-bond acceptors (Lipinski definition) is 4. The zero-order chi connectivity index (χ0) is 13.7. The van der Waals surface area contributed by atoms with E-state index in [0.717, 1.165) is 12.1 Å². The third-order valence-corrected chi connectivity index (χ3v) is 3.00. The molecule has 1 N–H and O–H groups in total. The predicted octanol–water partition coefficient (Wildman–Crippen LogP) is 3.59. The van der Waals surface area contributed by atoms with E-state index in [4.69, 9.17) is 16.3 Å². The second-order valence-corrected chi connectivity index (χ2v) is 4.55. The molecule has 2 heterocycles. The molecular formula is C14H16ClN3O. The highest BCUT2D eigenvalue weighted by Crippen LogP contribution is 2.23. The lowest BCUT2D eigenvalue weighted by Crippen LogP contribution is -2.16. The van der Waals surface area contributed by atoms with Gasteiger partial charge in [0, 0.05) is 18.3 Å². The molecule has 0 aliphatic rings. The van der Waals surface area contributed by atoms with Crippen LogP contribution >= 0.6 is 11.6 Å². The zero-order valence-corrected chi connectivity index (χ0v) is 11.7. The lowest BCUT2D eigenvalue weighted by atomic mass is 10.1. The third kappa shape index (κ3) is 3.66. The van der Waals surface area contributed by atoms with Crippen molar-refractivity contribution in [1.29, 1.82) is 0 Å². The summed E-state index contributed by atoms with van der Waals surface area (Å²) in [7, 11) is 1.93. The monoisotopic (exact) mass is 277 g/mol. The minimum Gasteiger partial charge on any atom is -0.454 e. The van der Waals surface area contributed by atoms with Crippen molar-refractivity contribution in [2.24, 2.45) is 0 Å². The summed E-state index contributed by atoms with van der Waals surface area (Å²) >= 11 is 5.85. The van der Waals surface area contributed by atoms with Gasteiger partial charge in [0.15, 0.2) is 0 Å². The van der Waals surface area contributed by atoms with E-state index in [1.807, 2.05) is 19.2 Å². The standard InChI is InChI=1S/C14H16ClN3O/c1-3-13(16-2)14-5-4-11(9-18-14)19-12-6-10(15)7-17-8-12/h4-9,13,16H,3H2,1-2H3. The topological polar surface area (TPSA) is 47.0 Å². The Morgan fingerprint density at radius 3 is 2.68 bits per heavy atom. The van der Waals surface area contributed by atoms with E-state index < -0.39 is 0 Å². The van der Waals surface area contributed by atoms with Crippen molar-refractivity contribution in [3.05, 3.63) is 47.5 Å². The highest BCUT2D eigenvalue weighted by atomic mass is 35.5. The molecule has 0 amide bonds. The second kappa shape index (κ2) is 6.50. The molecule has 0 fully saturated rings. The molecule has 1 atom stereocenters. The Morgan fingerprint density at radius 2 is 2.11 bits per heavy atom. The van der Waals surface area contributed by atoms with E-state index in [0.29, 0.717) is 16.5 Å². The van der Waals surface area contributed by atoms with Crippen LogP contribution in [0.4, 0.5) is 0 Å². The van der Waals surface area contributed by atoms with Gasteiger partial charge in [-0.25, -0.2) is 0 Å². The second-order valence-electron chi connectivity index (χ2n) is 4.11. The Kier molecular flexibility index (Phi) is 4.71. The summed E-state index contributed by atoms with van der Waals surface area (Å²) in [6, 6.07) is 5.83. The molecule has 2 aromatic rings. The Balaban J connectivity index is 2.10. The smallest absolute Gasteiger partial charge is 0.147 e. The zero-order valence-electron chi connectivity index (χ0n) is 10.9. The highest BCUT2D eigenvalue weighted by molar-refractivity contribution is 6.30. The van der Waals surface area contributed by atoms with Gasteiger partial charge in [-0.3, -0.25) is 9.97 Å². The minimum atomic E-state index is 0.266. The van der Waals surface area contributed by atoms with Crippen molar-refractivity contribution in [1.82, 2.24) is 15.3 Å². The number of nitrogens with zero attached hydrogens (tertiary/aromatic N) is 2. The van der Waals surface area contributed by atoms with E-state index in [2.05, 4.69) is 22.2 Å². The molecule has 1 unspecified atom stereocenters. The fourth-order valence-corrected chi connectivity index (χ4v) is 1.97. The molecule has 0 aromatic carbocycles. The Labute approximate surface area is 117 Å². The van der Waals surface area contributed by atoms with Gasteiger partial charge in [0.05, 0.1) is 23.1 Å². The molecule has 4 nitrogen and oxygen atoms in total. The number of ether oxygens (including phenoxy) is 1. The molecule has 0 spiro atoms. The first kappa shape index (κ1) is 13.8. The van der Waals surface area contributed by atoms with Crippen molar-refractivity contribution in [2.75, 3.05) is 7.05 Å². The van der Waals surface area contributed by atoms with Crippen LogP contribution in [0, 0.1) is 0 Å². The maximum atomic E-state index is 5.85. The average molecular weight is 278 g/mol. The molecule has 5 heteroatoms. The lowest BCUT2D eigenvalue weighted by Gasteiger charge is -2.13. The molecule has 100 valence electrons. The Morgan fingerprint density at radius 1 is 1.26 bits per heavy atom. The highest BCUT2D eigenvalue weighted by Gasteiger charge is 2.08. The summed E-state index contributed by atoms with van der Waals surface area (Å²) < 4.78 is 5.63. The van der Waals surface area contributed by atoms with Gasteiger partial charge in [0.1, 0.15) is 11.5 Å². The minimum absolute atomic E-state index is 0.266. The Hall–Kier alpha value is -1.65. The van der Waals surface area contributed by atoms with Gasteiger partial charge >= 0.3 is 0 Å². The first-order valence-corrected chi connectivity index (χ1v) is 6.52. The lowest BCUT2D eigenvalue weighted by molar-refractivity contribution is 0.475. The SMILES string of the molecule is CCC(NC)c1ccc(Oc2cncc(Cl)c2)cn1. The van der Waals surface area contributed by atoms with Crippen LogP contribution in [-0.2, 0) is 0 Å². The van der Waals surface area contributed by atoms with E-state index in [-0.39, 0.29) is 6.04 Å². The summed E-state index contributed by atoms with van der Waals surface area (Å²) in [6.07, 6.45) is 5.87. The van der Waals surface area contributed by atoms with Crippen LogP contribution in [0.25, 0.3) is 0 Å². The van der Waals surface area contributed by atoms with Crippen LogP contribution in [0.2, 0.25) is 5.02 Å². The number of pyridine rings is 2. The molecular weight excluding hydrogens is 262 g/mol. The molecule has 19 heavy (non-hydrogen) atoms. The van der Waals surface area contributed by atoms with Gasteiger partial charge in [-0.1, -0.05) is 18.5 Å². The van der Waals surface area contributed by atoms with E-state index in [1.54, 1.807) is 24.7 Å². The summed E-state index contributed by atoms with van der Waals surface area (Å²) in [5.41, 5.74) is 1.00. The van der Waals surface area contributed by atoms with E-state index >= 15 is 0 Å². The van der Waals surface area contributed by atoms with Gasteiger partial charge in [-0.05, 0) is 25.6 Å². The van der Waals surface area contributed by atoms with Crippen molar-refractivity contribution in [3.63, 3.8) is 0 Å². The maximum absolute atomic E-state index is 5.85. The molecule has 0 saturated heterocycles. The van der Waals surface area contributed by atoms with Crippen LogP contribution in [0.15, 0.2) is 36.8 Å². The van der Waals surface area contributed by atoms with Crippen LogP contribution in [0.5, 0.6) is 11.5 Å². The largest absolute Gasteiger partial charge is 0.454 e. The first-order chi connectivity index (χ1) is 9.22. The number of hydrogen-bond donors (Lipinski definition) is 1. The molecule has 0 aliphatic carbocycles. The summed E-state index contributed by atoms with van der Waals surface area (Å²) in [4.78, 5) is 8.36. The normalized spacial score (nSPS) is 12.2. The predicted molar refractivity (Wildman–Crippen MR) is 75.6 cm³/mol. The van der Waals surface area contributed by atoms with Crippen LogP contribution in [0.3, 0.4) is 0 Å². The molecule has 0 radical (unpaired) electrons. The average Bonchev–Trinajstić information content (AvgIpc) is 2.42. The Bertz CT molecular complexity index is 526. The molecule has 0 saturated carbocycles. The van der Waals surface area contributed by atoms with Crippen LogP contribution in [0.1, 0.15) is 25.1 Å². The van der Waals surface area contributed by atoms with Crippen molar-refractivity contribution >= 4 is 11.6 Å². The summed E-state index contributed by atoms with van der Waals surface area (Å²) in [6.45, 7) is 2.12. The van der Waals surface area contributed by atoms with Gasteiger partial charge in [-0.15, -0.1) is 0 Å². The number of nitrogens with one attached hydrogen (secondary N) is 1. The van der Waals surface area contributed by atoms with Crippen molar-refractivity contribution in [3.8, 4) is 11.5 Å². The van der Waals surface area contributed by atoms with Gasteiger partial charge in [-0.2, -0.15) is 0 Å². The van der Waals surface area contributed by atoms with Crippen molar-refractivity contribution in [2.45, 2.75) is 19.4 Å². The quantitative estimate of drug-likeness (QED) is 0.907. The van der Waals surface area contributed by atoms with Gasteiger partial charge in [0.2, 0.25) is 0 Å². The molecule has 0 bridgehead atoms. The van der Waals surface area contributed by atoms with E-state index in [9.17, 15) is 0 Å². The number of aromatic nitrogens is 2. The van der Waals surface area contributed by atoms with Crippen molar-refractivity contribution < 1.29 is 4.74 Å². The summed E-state index contributed by atoms with van der Waals surface area (Å²) in [5, 5.41) is 3.76. The maximum Gasteiger partial charge on any atom is 0.147 e. The molecule has 2 aromatic heterocycles. The number of rotatable bonds is 5. The third-order valence-electron chi connectivity index (χ3n) is 2.79. The fraction of sp³-hybridized carbons (Fsp3) is 0.286. The molecule has 0 aliphatic heterocycles. The van der Waals surface area contributed by atoms with Gasteiger partial charge in [0.25, 0.3) is 0 Å². The van der Waals surface area contributed by atoms with Crippen LogP contribution in [-0.4, -0.2) is 17.0 Å². The molecule has 2 rings (SSSR count). The summed E-state index contributed by atoms with van der Waals surface area (Å²) in [5.74, 6) is 1.27.